The molecule has 0 aromatic carbocycles. The van der Waals surface area contributed by atoms with Gasteiger partial charge in [0.1, 0.15) is 0 Å². The number of rotatable bonds is 6. The van der Waals surface area contributed by atoms with E-state index in [2.05, 4.69) is 4.83 Å². The molecule has 0 bridgehead atoms. The molecule has 0 amide bonds. The van der Waals surface area contributed by atoms with Gasteiger partial charge in [0.15, 0.2) is 0 Å². The highest BCUT2D eigenvalue weighted by molar-refractivity contribution is 7.89. The van der Waals surface area contributed by atoms with Crippen LogP contribution in [0.2, 0.25) is 0 Å². The van der Waals surface area contributed by atoms with Crippen LogP contribution < -0.4 is 4.83 Å². The Morgan fingerprint density at radius 3 is 2.33 bits per heavy atom. The van der Waals surface area contributed by atoms with Gasteiger partial charge in [0, 0.05) is 20.7 Å². The molecule has 0 aliphatic carbocycles. The highest BCUT2D eigenvalue weighted by Crippen LogP contribution is 1.93. The van der Waals surface area contributed by atoms with Crippen molar-refractivity contribution in [3.8, 4) is 0 Å². The quantitative estimate of drug-likeness (QED) is 0.429. The van der Waals surface area contributed by atoms with Gasteiger partial charge in [-0.2, -0.15) is 0 Å². The molecule has 0 fully saturated rings. The molecule has 0 atom stereocenters. The number of unbranched alkanes of at least 4 members (excludes halogenated alkanes) is 1. The van der Waals surface area contributed by atoms with E-state index in [1.807, 2.05) is 0 Å². The minimum atomic E-state index is -3.19. The number of sulfonamides is 1. The lowest BCUT2D eigenvalue weighted by Gasteiger charge is -2.11. The summed E-state index contributed by atoms with van der Waals surface area (Å²) in [6.07, 6.45) is 1.01. The number of aliphatic hydroxyl groups is 1. The monoisotopic (exact) mass is 196 g/mol. The molecule has 0 saturated carbocycles. The van der Waals surface area contributed by atoms with Crippen molar-refractivity contribution in [2.45, 2.75) is 12.8 Å². The number of nitrogens with one attached hydrogen (secondary N) is 1. The molecule has 0 unspecified atom stereocenters. The summed E-state index contributed by atoms with van der Waals surface area (Å²) in [5.74, 6) is 0.0613. The van der Waals surface area contributed by atoms with Crippen molar-refractivity contribution in [1.82, 2.24) is 9.84 Å². The lowest BCUT2D eigenvalue weighted by atomic mass is 10.4. The molecular formula is C6H16N2O3S. The van der Waals surface area contributed by atoms with Gasteiger partial charge in [-0.3, -0.25) is 0 Å². The third kappa shape index (κ3) is 6.53. The van der Waals surface area contributed by atoms with Gasteiger partial charge in [0.05, 0.1) is 5.75 Å². The molecule has 0 rings (SSSR count). The zero-order chi connectivity index (χ0) is 9.61. The van der Waals surface area contributed by atoms with Crippen molar-refractivity contribution in [3.63, 3.8) is 0 Å². The van der Waals surface area contributed by atoms with E-state index >= 15 is 0 Å². The fraction of sp³-hybridized carbons (Fsp3) is 1.00. The number of hydrazine groups is 1. The first-order chi connectivity index (χ1) is 5.48. The van der Waals surface area contributed by atoms with Crippen LogP contribution in [0.3, 0.4) is 0 Å². The fourth-order valence-corrected chi connectivity index (χ4v) is 1.96. The summed E-state index contributed by atoms with van der Waals surface area (Å²) in [6.45, 7) is 0.0392. The Hall–Kier alpha value is -0.170. The van der Waals surface area contributed by atoms with Crippen LogP contribution in [-0.2, 0) is 10.0 Å². The average Bonchev–Trinajstić information content (AvgIpc) is 1.84. The highest BCUT2D eigenvalue weighted by atomic mass is 32.2. The lowest BCUT2D eigenvalue weighted by Crippen LogP contribution is -2.37. The van der Waals surface area contributed by atoms with Crippen LogP contribution in [0.4, 0.5) is 0 Å². The van der Waals surface area contributed by atoms with E-state index in [1.165, 1.54) is 5.01 Å². The normalized spacial score (nSPS) is 12.3. The van der Waals surface area contributed by atoms with E-state index < -0.39 is 10.0 Å². The molecule has 0 saturated heterocycles. The molecule has 0 radical (unpaired) electrons. The largest absolute Gasteiger partial charge is 0.396 e. The number of hydrogen-bond acceptors (Lipinski definition) is 4. The summed E-state index contributed by atoms with van der Waals surface area (Å²) in [4.78, 5) is 2.30. The van der Waals surface area contributed by atoms with Gasteiger partial charge in [0.2, 0.25) is 10.0 Å². The Balaban J connectivity index is 3.73. The van der Waals surface area contributed by atoms with E-state index in [4.69, 9.17) is 5.11 Å². The summed E-state index contributed by atoms with van der Waals surface area (Å²) >= 11 is 0. The van der Waals surface area contributed by atoms with Crippen LogP contribution >= 0.6 is 0 Å². The van der Waals surface area contributed by atoms with Crippen LogP contribution in [0.15, 0.2) is 0 Å². The van der Waals surface area contributed by atoms with E-state index in [9.17, 15) is 8.42 Å². The number of hydrogen-bond donors (Lipinski definition) is 2. The Kier molecular flexibility index (Phi) is 5.39. The molecule has 74 valence electrons. The summed E-state index contributed by atoms with van der Waals surface area (Å²) in [6, 6.07) is 0. The van der Waals surface area contributed by atoms with Gasteiger partial charge in [-0.15, -0.1) is 4.83 Å². The Bertz CT molecular complexity index is 201. The lowest BCUT2D eigenvalue weighted by molar-refractivity contribution is 0.287. The number of nitrogens with zero attached hydrogens (tertiary/aromatic N) is 1. The smallest absolute Gasteiger partial charge is 0.224 e. The molecule has 0 aliphatic rings. The molecule has 2 N–H and O–H groups in total. The van der Waals surface area contributed by atoms with Crippen LogP contribution in [0.5, 0.6) is 0 Å². The van der Waals surface area contributed by atoms with Crippen molar-refractivity contribution >= 4 is 10.0 Å². The predicted octanol–water partition coefficient (Wildman–Crippen LogP) is -0.845. The van der Waals surface area contributed by atoms with E-state index in [0.717, 1.165) is 0 Å². The van der Waals surface area contributed by atoms with E-state index in [0.29, 0.717) is 12.8 Å². The highest BCUT2D eigenvalue weighted by Gasteiger charge is 2.09. The maximum atomic E-state index is 11.1. The van der Waals surface area contributed by atoms with E-state index in [1.54, 1.807) is 14.1 Å². The second kappa shape index (κ2) is 5.47. The summed E-state index contributed by atoms with van der Waals surface area (Å²) in [7, 11) is 0.0411. The molecule has 0 aliphatic heterocycles. The van der Waals surface area contributed by atoms with Crippen molar-refractivity contribution in [2.75, 3.05) is 26.5 Å². The average molecular weight is 196 g/mol. The van der Waals surface area contributed by atoms with Gasteiger partial charge >= 0.3 is 0 Å². The van der Waals surface area contributed by atoms with Crippen molar-refractivity contribution in [3.05, 3.63) is 0 Å². The zero-order valence-corrected chi connectivity index (χ0v) is 8.26. The molecule has 0 aromatic rings. The summed E-state index contributed by atoms with van der Waals surface area (Å²) in [5, 5.41) is 9.80. The first-order valence-electron chi connectivity index (χ1n) is 3.76. The molecule has 5 nitrogen and oxygen atoms in total. The molecule has 0 aromatic heterocycles. The molecular weight excluding hydrogens is 180 g/mol. The Morgan fingerprint density at radius 1 is 1.33 bits per heavy atom. The van der Waals surface area contributed by atoms with Crippen LogP contribution in [0, 0.1) is 0 Å². The van der Waals surface area contributed by atoms with E-state index in [-0.39, 0.29) is 12.4 Å². The summed E-state index contributed by atoms with van der Waals surface area (Å²) < 4.78 is 22.2. The topological polar surface area (TPSA) is 69.6 Å². The van der Waals surface area contributed by atoms with Crippen molar-refractivity contribution in [2.24, 2.45) is 0 Å². The van der Waals surface area contributed by atoms with Gasteiger partial charge in [-0.25, -0.2) is 13.4 Å². The van der Waals surface area contributed by atoms with Crippen LogP contribution in [0.1, 0.15) is 12.8 Å². The predicted molar refractivity (Wildman–Crippen MR) is 46.9 cm³/mol. The Morgan fingerprint density at radius 2 is 1.92 bits per heavy atom. The molecule has 0 spiro atoms. The summed E-state index contributed by atoms with van der Waals surface area (Å²) in [5.41, 5.74) is 0. The second-order valence-electron chi connectivity index (χ2n) is 2.74. The minimum absolute atomic E-state index is 0.0392. The van der Waals surface area contributed by atoms with Gasteiger partial charge in [-0.05, 0) is 12.8 Å². The standard InChI is InChI=1S/C6H16N2O3S/c1-8(2)7-12(10,11)6-4-3-5-9/h7,9H,3-6H2,1-2H3. The molecule has 6 heteroatoms. The Labute approximate surface area is 73.4 Å². The minimum Gasteiger partial charge on any atom is -0.396 e. The van der Waals surface area contributed by atoms with Crippen LogP contribution in [0.25, 0.3) is 0 Å². The first kappa shape index (κ1) is 11.8. The first-order valence-corrected chi connectivity index (χ1v) is 5.41. The molecule has 12 heavy (non-hydrogen) atoms. The van der Waals surface area contributed by atoms with Gasteiger partial charge in [0.25, 0.3) is 0 Å². The third-order valence-corrected chi connectivity index (χ3v) is 2.61. The van der Waals surface area contributed by atoms with Crippen molar-refractivity contribution < 1.29 is 13.5 Å². The van der Waals surface area contributed by atoms with Gasteiger partial charge < -0.3 is 5.11 Å². The third-order valence-electron chi connectivity index (χ3n) is 1.14. The molecule has 0 heterocycles. The second-order valence-corrected chi connectivity index (χ2v) is 4.56. The van der Waals surface area contributed by atoms with Gasteiger partial charge in [-0.1, -0.05) is 0 Å². The maximum absolute atomic E-state index is 11.1. The zero-order valence-electron chi connectivity index (χ0n) is 7.45. The van der Waals surface area contributed by atoms with Crippen molar-refractivity contribution in [1.29, 1.82) is 0 Å². The maximum Gasteiger partial charge on any atom is 0.224 e. The number of aliphatic hydroxyl groups excluding tert-OH is 1. The fourth-order valence-electron chi connectivity index (χ4n) is 0.728. The van der Waals surface area contributed by atoms with Crippen LogP contribution in [-0.4, -0.2) is 45.0 Å². The SMILES string of the molecule is CN(C)NS(=O)(=O)CCCCO.